The van der Waals surface area contributed by atoms with Crippen molar-refractivity contribution in [1.82, 2.24) is 4.90 Å². The van der Waals surface area contributed by atoms with Gasteiger partial charge in [0.15, 0.2) is 0 Å². The highest BCUT2D eigenvalue weighted by Gasteiger charge is 2.31. The number of hydrogen-bond acceptors (Lipinski definition) is 3. The Hall–Kier alpha value is -1.26. The zero-order valence-electron chi connectivity index (χ0n) is 8.53. The van der Waals surface area contributed by atoms with Crippen LogP contribution in [-0.2, 0) is 9.53 Å². The van der Waals surface area contributed by atoms with Crippen LogP contribution in [0.25, 0.3) is 0 Å². The van der Waals surface area contributed by atoms with Crippen molar-refractivity contribution in [3.8, 4) is 0 Å². The lowest BCUT2D eigenvalue weighted by molar-refractivity contribution is -0.123. The fraction of sp³-hybridized carbons (Fsp3) is 0.778. The number of nitrogens with two attached hydrogens (primary N) is 1. The largest absolute Gasteiger partial charge is 0.453 e. The van der Waals surface area contributed by atoms with Crippen molar-refractivity contribution in [2.24, 2.45) is 11.7 Å². The van der Waals surface area contributed by atoms with E-state index in [1.54, 1.807) is 4.90 Å². The Bertz CT molecular complexity index is 242. The van der Waals surface area contributed by atoms with Crippen LogP contribution >= 0.6 is 0 Å². The van der Waals surface area contributed by atoms with Crippen molar-refractivity contribution in [2.75, 3.05) is 13.7 Å². The van der Waals surface area contributed by atoms with Crippen molar-refractivity contribution in [3.63, 3.8) is 0 Å². The average Bonchev–Trinajstić information content (AvgIpc) is 2.17. The van der Waals surface area contributed by atoms with Gasteiger partial charge in [0.2, 0.25) is 5.91 Å². The normalized spacial score (nSPS) is 27.1. The van der Waals surface area contributed by atoms with Gasteiger partial charge in [0, 0.05) is 12.6 Å². The zero-order chi connectivity index (χ0) is 10.7. The van der Waals surface area contributed by atoms with Gasteiger partial charge in [-0.3, -0.25) is 4.79 Å². The van der Waals surface area contributed by atoms with Crippen LogP contribution < -0.4 is 5.73 Å². The molecular formula is C9H16N2O3. The molecule has 0 aromatic heterocycles. The Morgan fingerprint density at radius 3 is 2.57 bits per heavy atom. The number of rotatable bonds is 1. The number of primary amides is 1. The first kappa shape index (κ1) is 10.8. The van der Waals surface area contributed by atoms with Gasteiger partial charge in [-0.05, 0) is 19.8 Å². The number of piperidine rings is 1. The molecule has 0 aromatic carbocycles. The highest BCUT2D eigenvalue weighted by molar-refractivity contribution is 5.78. The first-order valence-electron chi connectivity index (χ1n) is 4.70. The van der Waals surface area contributed by atoms with E-state index in [0.29, 0.717) is 6.54 Å². The van der Waals surface area contributed by atoms with Crippen molar-refractivity contribution < 1.29 is 14.3 Å². The summed E-state index contributed by atoms with van der Waals surface area (Å²) in [5, 5.41) is 0. The molecule has 2 amide bonds. The molecule has 0 bridgehead atoms. The second-order valence-corrected chi connectivity index (χ2v) is 3.65. The minimum Gasteiger partial charge on any atom is -0.453 e. The van der Waals surface area contributed by atoms with Gasteiger partial charge in [-0.1, -0.05) is 0 Å². The summed E-state index contributed by atoms with van der Waals surface area (Å²) >= 11 is 0. The molecule has 0 aliphatic carbocycles. The van der Waals surface area contributed by atoms with Crippen molar-refractivity contribution in [3.05, 3.63) is 0 Å². The lowest BCUT2D eigenvalue weighted by Gasteiger charge is -2.35. The van der Waals surface area contributed by atoms with Crippen LogP contribution in [0, 0.1) is 5.92 Å². The second-order valence-electron chi connectivity index (χ2n) is 3.65. The molecule has 0 spiro atoms. The monoisotopic (exact) mass is 200 g/mol. The van der Waals surface area contributed by atoms with Crippen LogP contribution in [0.4, 0.5) is 4.79 Å². The fourth-order valence-corrected chi connectivity index (χ4v) is 1.71. The highest BCUT2D eigenvalue weighted by Crippen LogP contribution is 2.21. The van der Waals surface area contributed by atoms with Crippen LogP contribution in [0.3, 0.4) is 0 Å². The number of hydrogen-bond donors (Lipinski definition) is 1. The molecule has 14 heavy (non-hydrogen) atoms. The zero-order valence-corrected chi connectivity index (χ0v) is 8.53. The summed E-state index contributed by atoms with van der Waals surface area (Å²) in [6, 6.07) is 0.123. The van der Waals surface area contributed by atoms with E-state index in [4.69, 9.17) is 5.73 Å². The first-order valence-corrected chi connectivity index (χ1v) is 4.70. The van der Waals surface area contributed by atoms with E-state index in [-0.39, 0.29) is 24.0 Å². The molecule has 1 fully saturated rings. The van der Waals surface area contributed by atoms with Gasteiger partial charge in [-0.25, -0.2) is 4.79 Å². The van der Waals surface area contributed by atoms with Crippen LogP contribution in [-0.4, -0.2) is 36.6 Å². The van der Waals surface area contributed by atoms with E-state index >= 15 is 0 Å². The van der Waals surface area contributed by atoms with Gasteiger partial charge in [0.05, 0.1) is 13.0 Å². The van der Waals surface area contributed by atoms with Gasteiger partial charge in [-0.15, -0.1) is 0 Å². The van der Waals surface area contributed by atoms with Crippen LogP contribution in [0.1, 0.15) is 19.8 Å². The summed E-state index contributed by atoms with van der Waals surface area (Å²) < 4.78 is 4.62. The summed E-state index contributed by atoms with van der Waals surface area (Å²) in [5.74, 6) is -0.573. The van der Waals surface area contributed by atoms with Crippen LogP contribution in [0.5, 0.6) is 0 Å². The SMILES string of the molecule is COC(=O)N1CC(C(N)=O)CCC1C. The predicted octanol–water partition coefficient (Wildman–Crippen LogP) is 0.339. The lowest BCUT2D eigenvalue weighted by atomic mass is 9.93. The maximum atomic E-state index is 11.3. The Morgan fingerprint density at radius 1 is 1.43 bits per heavy atom. The molecule has 2 N–H and O–H groups in total. The maximum Gasteiger partial charge on any atom is 0.409 e. The maximum absolute atomic E-state index is 11.3. The van der Waals surface area contributed by atoms with Gasteiger partial charge in [0.25, 0.3) is 0 Å². The Morgan fingerprint density at radius 2 is 2.07 bits per heavy atom. The number of carbonyl (C=O) groups excluding carboxylic acids is 2. The predicted molar refractivity (Wildman–Crippen MR) is 50.5 cm³/mol. The van der Waals surface area contributed by atoms with Gasteiger partial charge in [0.1, 0.15) is 0 Å². The van der Waals surface area contributed by atoms with Crippen molar-refractivity contribution >= 4 is 12.0 Å². The topological polar surface area (TPSA) is 72.6 Å². The third-order valence-corrected chi connectivity index (χ3v) is 2.69. The summed E-state index contributed by atoms with van der Waals surface area (Å²) in [6.07, 6.45) is 1.16. The first-order chi connectivity index (χ1) is 6.56. The molecule has 0 saturated carbocycles. The number of carbonyl (C=O) groups is 2. The molecule has 2 unspecified atom stereocenters. The third-order valence-electron chi connectivity index (χ3n) is 2.69. The van der Waals surface area contributed by atoms with Crippen LogP contribution in [0.15, 0.2) is 0 Å². The van der Waals surface area contributed by atoms with E-state index in [9.17, 15) is 9.59 Å². The number of amides is 2. The molecule has 5 heteroatoms. The van der Waals surface area contributed by atoms with Crippen molar-refractivity contribution in [2.45, 2.75) is 25.8 Å². The molecule has 0 radical (unpaired) electrons. The minimum atomic E-state index is -0.386. The van der Waals surface area contributed by atoms with Gasteiger partial charge >= 0.3 is 6.09 Å². The summed E-state index contributed by atoms with van der Waals surface area (Å²) in [5.41, 5.74) is 5.20. The van der Waals surface area contributed by atoms with Crippen molar-refractivity contribution in [1.29, 1.82) is 0 Å². The van der Waals surface area contributed by atoms with Gasteiger partial charge < -0.3 is 15.4 Å². The van der Waals surface area contributed by atoms with E-state index in [1.807, 2.05) is 6.92 Å². The summed E-state index contributed by atoms with van der Waals surface area (Å²) in [6.45, 7) is 2.32. The Labute approximate surface area is 83.2 Å². The standard InChI is InChI=1S/C9H16N2O3/c1-6-3-4-7(8(10)12)5-11(6)9(13)14-2/h6-7H,3-5H2,1-2H3,(H2,10,12). The minimum absolute atomic E-state index is 0.123. The molecule has 1 heterocycles. The summed E-state index contributed by atoms with van der Waals surface area (Å²) in [4.78, 5) is 23.8. The van der Waals surface area contributed by atoms with E-state index in [0.717, 1.165) is 12.8 Å². The number of methoxy groups -OCH3 is 1. The molecule has 5 nitrogen and oxygen atoms in total. The van der Waals surface area contributed by atoms with E-state index in [1.165, 1.54) is 7.11 Å². The molecule has 1 rings (SSSR count). The smallest absolute Gasteiger partial charge is 0.409 e. The number of likely N-dealkylation sites (tertiary alicyclic amines) is 1. The molecule has 1 aliphatic rings. The van der Waals surface area contributed by atoms with Crippen LogP contribution in [0.2, 0.25) is 0 Å². The Balaban J connectivity index is 2.64. The van der Waals surface area contributed by atoms with E-state index in [2.05, 4.69) is 4.74 Å². The fourth-order valence-electron chi connectivity index (χ4n) is 1.71. The summed E-state index contributed by atoms with van der Waals surface area (Å²) in [7, 11) is 1.34. The molecular weight excluding hydrogens is 184 g/mol. The molecule has 2 atom stereocenters. The quantitative estimate of drug-likeness (QED) is 0.663. The van der Waals surface area contributed by atoms with Gasteiger partial charge in [-0.2, -0.15) is 0 Å². The third kappa shape index (κ3) is 2.16. The molecule has 1 saturated heterocycles. The average molecular weight is 200 g/mol. The Kier molecular flexibility index (Phi) is 3.33. The molecule has 1 aliphatic heterocycles. The lowest BCUT2D eigenvalue weighted by Crippen LogP contribution is -2.48. The molecule has 0 aromatic rings. The van der Waals surface area contributed by atoms with E-state index < -0.39 is 0 Å². The second kappa shape index (κ2) is 4.30. The molecule has 80 valence electrons. The highest BCUT2D eigenvalue weighted by atomic mass is 16.5. The number of nitrogens with zero attached hydrogens (tertiary/aromatic N) is 1. The number of ether oxygens (including phenoxy) is 1.